The number of hydrogen-bond donors (Lipinski definition) is 1. The lowest BCUT2D eigenvalue weighted by molar-refractivity contribution is 0.0292. The lowest BCUT2D eigenvalue weighted by Gasteiger charge is -2.25. The molecule has 1 amide bonds. The van der Waals surface area contributed by atoms with Crippen molar-refractivity contribution in [2.24, 2.45) is 0 Å². The van der Waals surface area contributed by atoms with Crippen molar-refractivity contribution in [3.05, 3.63) is 101 Å². The van der Waals surface area contributed by atoms with Gasteiger partial charge < -0.3 is 38.6 Å². The van der Waals surface area contributed by atoms with E-state index in [1.807, 2.05) is 93.6 Å². The SMILES string of the molecule is CCCCOc1nc(N(Cc2ccc(OC)cc2)Cc2ccc(OC)cc2)c2ncc(C(O)c3ccc(OCCCN(C)C(=O)OC(C)(C)C)cc3)n2n1. The van der Waals surface area contributed by atoms with Crippen LogP contribution in [0.2, 0.25) is 0 Å². The normalized spacial score (nSPS) is 11.9. The van der Waals surface area contributed by atoms with Crippen LogP contribution in [0, 0.1) is 0 Å². The number of benzene rings is 3. The van der Waals surface area contributed by atoms with Gasteiger partial charge in [0.15, 0.2) is 11.5 Å². The molecule has 0 bridgehead atoms. The Kier molecular flexibility index (Phi) is 13.6. The first kappa shape index (κ1) is 39.6. The van der Waals surface area contributed by atoms with Crippen LogP contribution in [-0.2, 0) is 17.8 Å². The summed E-state index contributed by atoms with van der Waals surface area (Å²) in [6, 6.07) is 23.2. The number of fused-ring (bicyclic) bond motifs is 1. The van der Waals surface area contributed by atoms with Gasteiger partial charge in [-0.15, -0.1) is 5.10 Å². The highest BCUT2D eigenvalue weighted by Crippen LogP contribution is 2.30. The van der Waals surface area contributed by atoms with Gasteiger partial charge in [0.25, 0.3) is 0 Å². The Morgan fingerprint density at radius 3 is 1.96 bits per heavy atom. The lowest BCUT2D eigenvalue weighted by atomic mass is 10.1. The number of imidazole rings is 1. The molecule has 1 unspecified atom stereocenters. The molecule has 13 nitrogen and oxygen atoms in total. The molecule has 0 saturated carbocycles. The number of ether oxygens (including phenoxy) is 5. The first-order valence-corrected chi connectivity index (χ1v) is 18.2. The van der Waals surface area contributed by atoms with Crippen molar-refractivity contribution in [2.75, 3.05) is 45.9 Å². The average Bonchev–Trinajstić information content (AvgIpc) is 3.60. The molecule has 5 aromatic rings. The fourth-order valence-corrected chi connectivity index (χ4v) is 5.58. The van der Waals surface area contributed by atoms with E-state index in [9.17, 15) is 9.90 Å². The third-order valence-electron chi connectivity index (χ3n) is 8.53. The van der Waals surface area contributed by atoms with E-state index in [2.05, 4.69) is 11.8 Å². The summed E-state index contributed by atoms with van der Waals surface area (Å²) in [5.74, 6) is 2.74. The summed E-state index contributed by atoms with van der Waals surface area (Å²) >= 11 is 0. The molecule has 3 aromatic carbocycles. The number of anilines is 1. The molecular weight excluding hydrogens is 688 g/mol. The average molecular weight is 741 g/mol. The Hall–Kier alpha value is -5.56. The van der Waals surface area contributed by atoms with Gasteiger partial charge in [-0.05, 0) is 86.7 Å². The van der Waals surface area contributed by atoms with E-state index < -0.39 is 11.7 Å². The van der Waals surface area contributed by atoms with Gasteiger partial charge in [-0.3, -0.25) is 0 Å². The van der Waals surface area contributed by atoms with E-state index in [1.165, 1.54) is 4.90 Å². The van der Waals surface area contributed by atoms with Crippen molar-refractivity contribution in [3.63, 3.8) is 0 Å². The topological polar surface area (TPSA) is 133 Å². The molecule has 0 fully saturated rings. The largest absolute Gasteiger partial charge is 0.497 e. The number of nitrogens with zero attached hydrogens (tertiary/aromatic N) is 6. The number of aromatic nitrogens is 4. The Labute approximate surface area is 317 Å². The minimum absolute atomic E-state index is 0.188. The van der Waals surface area contributed by atoms with Gasteiger partial charge >= 0.3 is 12.1 Å². The van der Waals surface area contributed by atoms with Gasteiger partial charge in [0.1, 0.15) is 29.0 Å². The summed E-state index contributed by atoms with van der Waals surface area (Å²) in [5.41, 5.74) is 3.10. The van der Waals surface area contributed by atoms with Crippen LogP contribution in [0.25, 0.3) is 5.65 Å². The number of amides is 1. The fraction of sp³-hybridized carbons (Fsp3) is 0.415. The highest BCUT2D eigenvalue weighted by molar-refractivity contribution is 5.67. The van der Waals surface area contributed by atoms with Crippen molar-refractivity contribution in [3.8, 4) is 23.3 Å². The third-order valence-corrected chi connectivity index (χ3v) is 8.53. The third kappa shape index (κ3) is 10.8. The zero-order valence-corrected chi connectivity index (χ0v) is 32.3. The predicted molar refractivity (Wildman–Crippen MR) is 207 cm³/mol. The van der Waals surface area contributed by atoms with E-state index in [4.69, 9.17) is 38.8 Å². The van der Waals surface area contributed by atoms with Crippen molar-refractivity contribution in [1.82, 2.24) is 24.5 Å². The van der Waals surface area contributed by atoms with Gasteiger partial charge in [0.2, 0.25) is 0 Å². The zero-order chi connectivity index (χ0) is 38.7. The van der Waals surface area contributed by atoms with Gasteiger partial charge in [-0.1, -0.05) is 49.7 Å². The van der Waals surface area contributed by atoms with E-state index in [0.717, 1.165) is 35.5 Å². The second kappa shape index (κ2) is 18.5. The number of carbonyl (C=O) groups excluding carboxylic acids is 1. The molecule has 0 saturated heterocycles. The number of hydrogen-bond acceptors (Lipinski definition) is 11. The molecule has 54 heavy (non-hydrogen) atoms. The van der Waals surface area contributed by atoms with Gasteiger partial charge in [0.05, 0.1) is 39.3 Å². The maximum atomic E-state index is 12.2. The van der Waals surface area contributed by atoms with E-state index in [-0.39, 0.29) is 12.1 Å². The fourth-order valence-electron chi connectivity index (χ4n) is 5.58. The molecule has 2 aromatic heterocycles. The molecule has 1 N–H and O–H groups in total. The molecular formula is C41H52N6O7. The van der Waals surface area contributed by atoms with Crippen LogP contribution >= 0.6 is 0 Å². The van der Waals surface area contributed by atoms with Crippen LogP contribution in [0.15, 0.2) is 79.0 Å². The number of rotatable bonds is 18. The Morgan fingerprint density at radius 1 is 0.833 bits per heavy atom. The van der Waals surface area contributed by atoms with Crippen molar-refractivity contribution in [2.45, 2.75) is 71.8 Å². The van der Waals surface area contributed by atoms with Crippen LogP contribution in [0.3, 0.4) is 0 Å². The number of aliphatic hydroxyl groups is 1. The standard InChI is InChI=1S/C41H52N6O7/c1-8-9-24-53-39-43-38(46(27-29-11-17-32(50-6)18-12-29)28-30-13-19-33(51-7)20-14-30)37-42-26-35(47(37)44-39)36(48)31-15-21-34(22-16-31)52-25-10-23-45(5)40(49)54-41(2,3)4/h11-22,26,36,48H,8-10,23-25,27-28H2,1-7H3. The Balaban J connectivity index is 1.39. The van der Waals surface area contributed by atoms with E-state index >= 15 is 0 Å². The quantitative estimate of drug-likeness (QED) is 0.0912. The van der Waals surface area contributed by atoms with Crippen LogP contribution in [0.5, 0.6) is 23.3 Å². The molecule has 0 spiro atoms. The Morgan fingerprint density at radius 2 is 1.41 bits per heavy atom. The summed E-state index contributed by atoms with van der Waals surface area (Å²) in [6.45, 7) is 9.97. The molecule has 5 rings (SSSR count). The molecule has 2 heterocycles. The Bertz CT molecular complexity index is 1880. The molecule has 0 radical (unpaired) electrons. The number of unbranched alkanes of at least 4 members (excludes halogenated alkanes) is 1. The van der Waals surface area contributed by atoms with Crippen molar-refractivity contribution < 1.29 is 33.6 Å². The summed E-state index contributed by atoms with van der Waals surface area (Å²) in [5, 5.41) is 16.4. The van der Waals surface area contributed by atoms with Gasteiger partial charge in [0, 0.05) is 26.7 Å². The molecule has 13 heteroatoms. The highest BCUT2D eigenvalue weighted by atomic mass is 16.6. The summed E-state index contributed by atoms with van der Waals surface area (Å²) in [7, 11) is 5.00. The number of aliphatic hydroxyl groups excluding tert-OH is 1. The number of methoxy groups -OCH3 is 2. The molecule has 1 atom stereocenters. The zero-order valence-electron chi connectivity index (χ0n) is 32.3. The summed E-state index contributed by atoms with van der Waals surface area (Å²) in [6.07, 6.45) is 2.62. The minimum Gasteiger partial charge on any atom is -0.497 e. The lowest BCUT2D eigenvalue weighted by Crippen LogP contribution is -2.35. The van der Waals surface area contributed by atoms with Gasteiger partial charge in [-0.2, -0.15) is 4.98 Å². The number of carbonyl (C=O) groups is 1. The van der Waals surface area contributed by atoms with Crippen LogP contribution < -0.4 is 23.8 Å². The van der Waals surface area contributed by atoms with Crippen LogP contribution in [0.1, 0.15) is 75.4 Å². The molecule has 0 aliphatic rings. The maximum absolute atomic E-state index is 12.2. The first-order chi connectivity index (χ1) is 26.0. The predicted octanol–water partition coefficient (Wildman–Crippen LogP) is 7.24. The second-order valence-electron chi connectivity index (χ2n) is 14.0. The molecule has 0 aliphatic heterocycles. The van der Waals surface area contributed by atoms with E-state index in [0.29, 0.717) is 67.7 Å². The summed E-state index contributed by atoms with van der Waals surface area (Å²) in [4.78, 5) is 25.5. The monoisotopic (exact) mass is 740 g/mol. The molecule has 0 aliphatic carbocycles. The van der Waals surface area contributed by atoms with E-state index in [1.54, 1.807) is 32.0 Å². The summed E-state index contributed by atoms with van der Waals surface area (Å²) < 4.78 is 29.8. The van der Waals surface area contributed by atoms with Crippen molar-refractivity contribution >= 4 is 17.6 Å². The second-order valence-corrected chi connectivity index (χ2v) is 14.0. The minimum atomic E-state index is -1.06. The van der Waals surface area contributed by atoms with Gasteiger partial charge in [-0.25, -0.2) is 14.3 Å². The van der Waals surface area contributed by atoms with Crippen molar-refractivity contribution in [1.29, 1.82) is 0 Å². The maximum Gasteiger partial charge on any atom is 0.410 e. The smallest absolute Gasteiger partial charge is 0.410 e. The highest BCUT2D eigenvalue weighted by Gasteiger charge is 2.24. The van der Waals surface area contributed by atoms with Crippen LogP contribution in [-0.4, -0.2) is 82.3 Å². The van der Waals surface area contributed by atoms with Crippen LogP contribution in [0.4, 0.5) is 10.6 Å². The first-order valence-electron chi connectivity index (χ1n) is 18.2. The molecule has 288 valence electrons.